The average molecular weight is 443 g/mol. The molecule has 0 aliphatic carbocycles. The van der Waals surface area contributed by atoms with Crippen LogP contribution in [0.1, 0.15) is 37.1 Å². The minimum atomic E-state index is -3.61. The smallest absolute Gasteiger partial charge is 0.262 e. The topological polar surface area (TPSA) is 88.6 Å². The standard InChI is InChI=1S/C22H26N4O4S/c1-18(19-8-3-2-4-9-19)26(14-20-10-7-13-30-20)22(27)16-24-15-21(23-17-24)31(28,29)25-11-5-6-12-25/h2-4,7-10,13,15,17-18H,5-6,11-12,14,16H2,1H3/t18-/m0/s1. The summed E-state index contributed by atoms with van der Waals surface area (Å²) < 4.78 is 33.9. The molecule has 0 radical (unpaired) electrons. The van der Waals surface area contributed by atoms with E-state index in [1.807, 2.05) is 43.3 Å². The predicted octanol–water partition coefficient (Wildman–Crippen LogP) is 3.05. The highest BCUT2D eigenvalue weighted by molar-refractivity contribution is 7.89. The molecule has 0 unspecified atom stereocenters. The summed E-state index contributed by atoms with van der Waals surface area (Å²) in [5.74, 6) is 0.523. The van der Waals surface area contributed by atoms with E-state index < -0.39 is 10.0 Å². The van der Waals surface area contributed by atoms with Crippen molar-refractivity contribution in [2.75, 3.05) is 13.1 Å². The normalized spacial score (nSPS) is 15.8. The molecule has 8 nitrogen and oxygen atoms in total. The van der Waals surface area contributed by atoms with Gasteiger partial charge in [0, 0.05) is 19.3 Å². The summed E-state index contributed by atoms with van der Waals surface area (Å²) in [5, 5.41) is -0.0177. The van der Waals surface area contributed by atoms with Gasteiger partial charge < -0.3 is 13.9 Å². The van der Waals surface area contributed by atoms with Gasteiger partial charge in [-0.25, -0.2) is 13.4 Å². The van der Waals surface area contributed by atoms with E-state index in [0.29, 0.717) is 25.4 Å². The highest BCUT2D eigenvalue weighted by Gasteiger charge is 2.30. The Bertz CT molecular complexity index is 1100. The Labute approximate surface area is 182 Å². The van der Waals surface area contributed by atoms with Gasteiger partial charge in [-0.3, -0.25) is 4.79 Å². The Morgan fingerprint density at radius 3 is 2.58 bits per heavy atom. The number of imidazole rings is 1. The van der Waals surface area contributed by atoms with Crippen molar-refractivity contribution < 1.29 is 17.6 Å². The molecule has 1 fully saturated rings. The van der Waals surface area contributed by atoms with E-state index >= 15 is 0 Å². The first-order valence-corrected chi connectivity index (χ1v) is 11.8. The van der Waals surface area contributed by atoms with E-state index in [-0.39, 0.29) is 23.5 Å². The first kappa shape index (κ1) is 21.3. The number of furan rings is 1. The lowest BCUT2D eigenvalue weighted by molar-refractivity contribution is -0.135. The van der Waals surface area contributed by atoms with Crippen LogP contribution in [0.5, 0.6) is 0 Å². The summed E-state index contributed by atoms with van der Waals surface area (Å²) in [6, 6.07) is 13.2. The van der Waals surface area contributed by atoms with Crippen molar-refractivity contribution in [3.63, 3.8) is 0 Å². The number of carbonyl (C=O) groups is 1. The number of hydrogen-bond acceptors (Lipinski definition) is 5. The van der Waals surface area contributed by atoms with E-state index in [2.05, 4.69) is 4.98 Å². The summed E-state index contributed by atoms with van der Waals surface area (Å²) in [5.41, 5.74) is 1.00. The molecule has 0 N–H and O–H groups in total. The molecule has 164 valence electrons. The fourth-order valence-electron chi connectivity index (χ4n) is 3.79. The van der Waals surface area contributed by atoms with Crippen LogP contribution >= 0.6 is 0 Å². The lowest BCUT2D eigenvalue weighted by Gasteiger charge is -2.29. The number of rotatable bonds is 8. The zero-order valence-electron chi connectivity index (χ0n) is 17.4. The van der Waals surface area contributed by atoms with E-state index in [1.54, 1.807) is 17.2 Å². The van der Waals surface area contributed by atoms with Crippen molar-refractivity contribution in [2.45, 2.75) is 43.9 Å². The van der Waals surface area contributed by atoms with Crippen LogP contribution in [0.2, 0.25) is 0 Å². The summed E-state index contributed by atoms with van der Waals surface area (Å²) in [4.78, 5) is 19.0. The molecule has 0 saturated carbocycles. The summed E-state index contributed by atoms with van der Waals surface area (Å²) in [7, 11) is -3.61. The van der Waals surface area contributed by atoms with Crippen LogP contribution in [0, 0.1) is 0 Å². The van der Waals surface area contributed by atoms with Gasteiger partial charge in [0.15, 0.2) is 5.03 Å². The van der Waals surface area contributed by atoms with E-state index in [0.717, 1.165) is 18.4 Å². The Morgan fingerprint density at radius 2 is 1.90 bits per heavy atom. The van der Waals surface area contributed by atoms with Crippen molar-refractivity contribution >= 4 is 15.9 Å². The van der Waals surface area contributed by atoms with Gasteiger partial charge in [-0.05, 0) is 37.5 Å². The maximum Gasteiger partial charge on any atom is 0.262 e. The number of aromatic nitrogens is 2. The number of amides is 1. The van der Waals surface area contributed by atoms with Crippen LogP contribution in [0.3, 0.4) is 0 Å². The molecule has 4 rings (SSSR count). The Hall–Kier alpha value is -2.91. The van der Waals surface area contributed by atoms with Crippen LogP contribution in [-0.2, 0) is 27.9 Å². The Kier molecular flexibility index (Phi) is 6.24. The number of sulfonamides is 1. The molecule has 1 aliphatic heterocycles. The molecular weight excluding hydrogens is 416 g/mol. The van der Waals surface area contributed by atoms with Crippen LogP contribution < -0.4 is 0 Å². The summed E-state index contributed by atoms with van der Waals surface area (Å²) in [6.45, 7) is 3.29. The van der Waals surface area contributed by atoms with Crippen LogP contribution in [-0.4, -0.2) is 46.2 Å². The molecule has 1 amide bonds. The Balaban J connectivity index is 1.53. The highest BCUT2D eigenvalue weighted by Crippen LogP contribution is 2.24. The summed E-state index contributed by atoms with van der Waals surface area (Å²) >= 11 is 0. The van der Waals surface area contributed by atoms with Gasteiger partial charge in [-0.2, -0.15) is 4.31 Å². The molecule has 3 aromatic rings. The summed E-state index contributed by atoms with van der Waals surface area (Å²) in [6.07, 6.45) is 6.13. The molecule has 1 atom stereocenters. The van der Waals surface area contributed by atoms with Gasteiger partial charge in [0.25, 0.3) is 10.0 Å². The van der Waals surface area contributed by atoms with Gasteiger partial charge in [-0.15, -0.1) is 0 Å². The third kappa shape index (κ3) is 4.72. The van der Waals surface area contributed by atoms with Gasteiger partial charge in [0.2, 0.25) is 5.91 Å². The lowest BCUT2D eigenvalue weighted by atomic mass is 10.1. The minimum absolute atomic E-state index is 0.0135. The first-order chi connectivity index (χ1) is 14.9. The maximum atomic E-state index is 13.2. The fraction of sp³-hybridized carbons (Fsp3) is 0.364. The fourth-order valence-corrected chi connectivity index (χ4v) is 5.24. The molecule has 0 bridgehead atoms. The Morgan fingerprint density at radius 1 is 1.16 bits per heavy atom. The number of carbonyl (C=O) groups excluding carboxylic acids is 1. The van der Waals surface area contributed by atoms with E-state index in [4.69, 9.17) is 4.42 Å². The molecule has 2 aromatic heterocycles. The van der Waals surface area contributed by atoms with Gasteiger partial charge in [-0.1, -0.05) is 30.3 Å². The molecule has 0 spiro atoms. The van der Waals surface area contributed by atoms with Crippen molar-refractivity contribution in [3.05, 3.63) is 72.6 Å². The van der Waals surface area contributed by atoms with Crippen molar-refractivity contribution in [1.82, 2.24) is 18.8 Å². The average Bonchev–Trinajstić information content (AvgIpc) is 3.55. The third-order valence-corrected chi connectivity index (χ3v) is 7.36. The quantitative estimate of drug-likeness (QED) is 0.535. The van der Waals surface area contributed by atoms with Crippen LogP contribution in [0.25, 0.3) is 0 Å². The minimum Gasteiger partial charge on any atom is -0.467 e. The van der Waals surface area contributed by atoms with Gasteiger partial charge in [0.05, 0.1) is 25.2 Å². The predicted molar refractivity (Wildman–Crippen MR) is 114 cm³/mol. The number of hydrogen-bond donors (Lipinski definition) is 0. The molecule has 9 heteroatoms. The van der Waals surface area contributed by atoms with E-state index in [1.165, 1.54) is 21.4 Å². The second kappa shape index (κ2) is 9.07. The lowest BCUT2D eigenvalue weighted by Crippen LogP contribution is -2.35. The van der Waals surface area contributed by atoms with Crippen molar-refractivity contribution in [3.8, 4) is 0 Å². The van der Waals surface area contributed by atoms with E-state index in [9.17, 15) is 13.2 Å². The number of nitrogens with zero attached hydrogens (tertiary/aromatic N) is 4. The molecular formula is C22H26N4O4S. The zero-order chi connectivity index (χ0) is 21.8. The molecule has 1 aliphatic rings. The zero-order valence-corrected chi connectivity index (χ0v) is 18.2. The molecule has 1 saturated heterocycles. The SMILES string of the molecule is C[C@@H](c1ccccc1)N(Cc1ccco1)C(=O)Cn1cnc(S(=O)(=O)N2CCCC2)c1. The maximum absolute atomic E-state index is 13.2. The van der Waals surface area contributed by atoms with Crippen LogP contribution in [0.4, 0.5) is 0 Å². The monoisotopic (exact) mass is 442 g/mol. The van der Waals surface area contributed by atoms with Crippen LogP contribution in [0.15, 0.2) is 70.7 Å². The highest BCUT2D eigenvalue weighted by atomic mass is 32.2. The van der Waals surface area contributed by atoms with Crippen molar-refractivity contribution in [1.29, 1.82) is 0 Å². The second-order valence-corrected chi connectivity index (χ2v) is 9.57. The molecule has 31 heavy (non-hydrogen) atoms. The van der Waals surface area contributed by atoms with Gasteiger partial charge >= 0.3 is 0 Å². The largest absolute Gasteiger partial charge is 0.467 e. The molecule has 1 aromatic carbocycles. The first-order valence-electron chi connectivity index (χ1n) is 10.3. The molecule has 3 heterocycles. The third-order valence-electron chi connectivity index (χ3n) is 5.57. The second-order valence-electron chi connectivity index (χ2n) is 7.68. The van der Waals surface area contributed by atoms with Gasteiger partial charge in [0.1, 0.15) is 12.3 Å². The number of benzene rings is 1. The van der Waals surface area contributed by atoms with Crippen molar-refractivity contribution in [2.24, 2.45) is 0 Å².